The zero-order chi connectivity index (χ0) is 24.6. The Morgan fingerprint density at radius 2 is 1.63 bits per heavy atom. The second kappa shape index (κ2) is 8.92. The van der Waals surface area contributed by atoms with Crippen molar-refractivity contribution in [2.45, 2.75) is 18.2 Å². The maximum Gasteiger partial charge on any atom is 0.261 e. The lowest BCUT2D eigenvalue weighted by molar-refractivity contribution is 0.0656. The van der Waals surface area contributed by atoms with Gasteiger partial charge < -0.3 is 9.72 Å². The van der Waals surface area contributed by atoms with E-state index in [2.05, 4.69) is 9.71 Å². The van der Waals surface area contributed by atoms with Gasteiger partial charge in [-0.25, -0.2) is 8.42 Å². The average Bonchev–Trinajstić information content (AvgIpc) is 3.37. The van der Waals surface area contributed by atoms with Crippen molar-refractivity contribution in [2.75, 3.05) is 17.9 Å². The Hall–Kier alpha value is -4.11. The molecule has 178 valence electrons. The number of ether oxygens (including phenoxy) is 1. The van der Waals surface area contributed by atoms with Crippen molar-refractivity contribution in [3.63, 3.8) is 0 Å². The van der Waals surface area contributed by atoms with Crippen molar-refractivity contribution in [3.05, 3.63) is 89.6 Å². The number of fused-ring (bicyclic) bond motifs is 2. The monoisotopic (exact) mass is 489 g/mol. The number of aromatic nitrogens is 1. The van der Waals surface area contributed by atoms with Crippen LogP contribution in [0.1, 0.15) is 33.2 Å². The Morgan fingerprint density at radius 1 is 0.943 bits per heavy atom. The first kappa shape index (κ1) is 22.7. The number of H-pyrrole nitrogens is 1. The highest BCUT2D eigenvalue weighted by molar-refractivity contribution is 7.92. The van der Waals surface area contributed by atoms with Crippen molar-refractivity contribution < 1.29 is 22.7 Å². The van der Waals surface area contributed by atoms with Crippen LogP contribution in [-0.4, -0.2) is 43.3 Å². The highest BCUT2D eigenvalue weighted by Gasteiger charge is 2.34. The Kier molecular flexibility index (Phi) is 5.78. The zero-order valence-electron chi connectivity index (χ0n) is 18.9. The minimum absolute atomic E-state index is 0.112. The minimum atomic E-state index is -3.83. The van der Waals surface area contributed by atoms with Crippen LogP contribution < -0.4 is 9.46 Å². The molecule has 5 rings (SSSR count). The van der Waals surface area contributed by atoms with E-state index in [1.165, 1.54) is 11.0 Å². The molecule has 0 spiro atoms. The minimum Gasteiger partial charge on any atom is -0.494 e. The fourth-order valence-electron chi connectivity index (χ4n) is 4.21. The molecule has 2 heterocycles. The summed E-state index contributed by atoms with van der Waals surface area (Å²) in [5.74, 6) is 0.0356. The van der Waals surface area contributed by atoms with E-state index in [1.54, 1.807) is 66.9 Å². The van der Waals surface area contributed by atoms with E-state index >= 15 is 0 Å². The van der Waals surface area contributed by atoms with Gasteiger partial charge in [0.25, 0.3) is 21.8 Å². The van der Waals surface area contributed by atoms with Crippen molar-refractivity contribution in [3.8, 4) is 5.75 Å². The molecule has 0 radical (unpaired) electrons. The number of amides is 2. The summed E-state index contributed by atoms with van der Waals surface area (Å²) in [6.45, 7) is 2.60. The molecule has 3 aromatic carbocycles. The van der Waals surface area contributed by atoms with Gasteiger partial charge in [-0.15, -0.1) is 0 Å². The first-order valence-corrected chi connectivity index (χ1v) is 12.7. The van der Waals surface area contributed by atoms with Crippen molar-refractivity contribution >= 4 is 38.4 Å². The summed E-state index contributed by atoms with van der Waals surface area (Å²) >= 11 is 0. The lowest BCUT2D eigenvalue weighted by Gasteiger charge is -2.13. The van der Waals surface area contributed by atoms with Crippen molar-refractivity contribution in [2.24, 2.45) is 0 Å². The summed E-state index contributed by atoms with van der Waals surface area (Å²) in [4.78, 5) is 29.8. The average molecular weight is 490 g/mol. The SMILES string of the molecule is CCOc1ccc(NS(=O)(=O)c2ccc3[nH]cc(CCN4C(=O)c5ccccc5C4=O)c3c2)cc1. The van der Waals surface area contributed by atoms with Crippen LogP contribution >= 0.6 is 0 Å². The summed E-state index contributed by atoms with van der Waals surface area (Å²) in [7, 11) is -3.83. The van der Waals surface area contributed by atoms with Gasteiger partial charge in [-0.1, -0.05) is 12.1 Å². The fourth-order valence-corrected chi connectivity index (χ4v) is 5.29. The van der Waals surface area contributed by atoms with E-state index in [1.807, 2.05) is 6.92 Å². The van der Waals surface area contributed by atoms with Crippen molar-refractivity contribution in [1.82, 2.24) is 9.88 Å². The molecule has 0 atom stereocenters. The molecular weight excluding hydrogens is 466 g/mol. The molecule has 0 bridgehead atoms. The molecule has 0 aliphatic carbocycles. The topological polar surface area (TPSA) is 109 Å². The highest BCUT2D eigenvalue weighted by atomic mass is 32.2. The number of rotatable bonds is 8. The van der Waals surface area contributed by atoms with E-state index in [9.17, 15) is 18.0 Å². The molecular formula is C26H23N3O5S. The normalized spacial score (nSPS) is 13.3. The number of carbonyl (C=O) groups excluding carboxylic acids is 2. The number of anilines is 1. The number of benzene rings is 3. The molecule has 2 N–H and O–H groups in total. The Balaban J connectivity index is 1.35. The van der Waals surface area contributed by atoms with Gasteiger partial charge in [0.1, 0.15) is 5.75 Å². The lowest BCUT2D eigenvalue weighted by atomic mass is 10.1. The predicted octanol–water partition coefficient (Wildman–Crippen LogP) is 4.21. The highest BCUT2D eigenvalue weighted by Crippen LogP contribution is 2.27. The molecule has 1 aromatic heterocycles. The standard InChI is InChI=1S/C26H23N3O5S/c1-2-34-19-9-7-18(8-10-19)28-35(32,33)20-11-12-24-23(15-20)17(16-27-24)13-14-29-25(30)21-5-3-4-6-22(21)26(29)31/h3-12,15-16,27-28H,2,13-14H2,1H3. The van der Waals surface area contributed by atoms with E-state index < -0.39 is 10.0 Å². The second-order valence-corrected chi connectivity index (χ2v) is 9.82. The van der Waals surface area contributed by atoms with E-state index in [-0.39, 0.29) is 23.3 Å². The quantitative estimate of drug-likeness (QED) is 0.361. The summed E-state index contributed by atoms with van der Waals surface area (Å²) in [5, 5.41) is 0.719. The molecule has 8 nitrogen and oxygen atoms in total. The maximum absolute atomic E-state index is 13.0. The number of aromatic amines is 1. The summed E-state index contributed by atoms with van der Waals surface area (Å²) in [6.07, 6.45) is 2.17. The van der Waals surface area contributed by atoms with Crippen LogP contribution in [0.15, 0.2) is 77.8 Å². The van der Waals surface area contributed by atoms with Gasteiger partial charge in [-0.05, 0) is 73.5 Å². The van der Waals surface area contributed by atoms with Crippen LogP contribution in [0.2, 0.25) is 0 Å². The van der Waals surface area contributed by atoms with Gasteiger partial charge in [-0.3, -0.25) is 19.2 Å². The molecule has 0 saturated heterocycles. The number of imide groups is 1. The molecule has 2 amide bonds. The van der Waals surface area contributed by atoms with Gasteiger partial charge in [0.05, 0.1) is 22.6 Å². The van der Waals surface area contributed by atoms with Gasteiger partial charge in [0, 0.05) is 29.3 Å². The number of sulfonamides is 1. The van der Waals surface area contributed by atoms with Gasteiger partial charge >= 0.3 is 0 Å². The zero-order valence-corrected chi connectivity index (χ0v) is 19.8. The third-order valence-corrected chi connectivity index (χ3v) is 7.33. The van der Waals surface area contributed by atoms with Gasteiger partial charge in [-0.2, -0.15) is 0 Å². The van der Waals surface area contributed by atoms with Crippen LogP contribution in [0, 0.1) is 0 Å². The largest absolute Gasteiger partial charge is 0.494 e. The lowest BCUT2D eigenvalue weighted by Crippen LogP contribution is -2.31. The molecule has 0 saturated carbocycles. The predicted molar refractivity (Wildman–Crippen MR) is 132 cm³/mol. The molecule has 9 heteroatoms. The smallest absolute Gasteiger partial charge is 0.261 e. The molecule has 1 aliphatic heterocycles. The van der Waals surface area contributed by atoms with Gasteiger partial charge in [0.2, 0.25) is 0 Å². The fraction of sp³-hybridized carbons (Fsp3) is 0.154. The first-order valence-electron chi connectivity index (χ1n) is 11.2. The van der Waals surface area contributed by atoms with Crippen LogP contribution in [0.5, 0.6) is 5.75 Å². The van der Waals surface area contributed by atoms with Crippen LogP contribution in [0.4, 0.5) is 5.69 Å². The van der Waals surface area contributed by atoms with E-state index in [4.69, 9.17) is 4.74 Å². The van der Waals surface area contributed by atoms with Crippen LogP contribution in [0.25, 0.3) is 10.9 Å². The number of carbonyl (C=O) groups is 2. The summed E-state index contributed by atoms with van der Waals surface area (Å²) in [5.41, 5.74) is 2.82. The summed E-state index contributed by atoms with van der Waals surface area (Å²) in [6, 6.07) is 18.3. The van der Waals surface area contributed by atoms with E-state index in [0.29, 0.717) is 35.6 Å². The molecule has 4 aromatic rings. The number of hydrogen-bond acceptors (Lipinski definition) is 5. The number of nitrogens with zero attached hydrogens (tertiary/aromatic N) is 1. The number of hydrogen-bond donors (Lipinski definition) is 2. The molecule has 35 heavy (non-hydrogen) atoms. The Labute approximate surface area is 202 Å². The van der Waals surface area contributed by atoms with Crippen molar-refractivity contribution in [1.29, 1.82) is 0 Å². The number of nitrogens with one attached hydrogen (secondary N) is 2. The Morgan fingerprint density at radius 3 is 2.29 bits per heavy atom. The van der Waals surface area contributed by atoms with E-state index in [0.717, 1.165) is 16.5 Å². The Bertz CT molecular complexity index is 1510. The van der Waals surface area contributed by atoms with Crippen LogP contribution in [0.3, 0.4) is 0 Å². The van der Waals surface area contributed by atoms with Gasteiger partial charge in [0.15, 0.2) is 0 Å². The molecule has 0 fully saturated rings. The summed E-state index contributed by atoms with van der Waals surface area (Å²) < 4.78 is 34.0. The maximum atomic E-state index is 13.0. The van der Waals surface area contributed by atoms with Crippen LogP contribution in [-0.2, 0) is 16.4 Å². The molecule has 0 unspecified atom stereocenters. The first-order chi connectivity index (χ1) is 16.9. The molecule has 1 aliphatic rings. The third-order valence-electron chi connectivity index (χ3n) is 5.95. The third kappa shape index (κ3) is 4.26. The second-order valence-electron chi connectivity index (χ2n) is 8.14.